The number of hydrogen-bond acceptors (Lipinski definition) is 4. The van der Waals surface area contributed by atoms with Crippen LogP contribution in [0.2, 0.25) is 0 Å². The smallest absolute Gasteiger partial charge is 0.142 e. The van der Waals surface area contributed by atoms with Crippen LogP contribution in [0.15, 0.2) is 30.5 Å². The molecule has 0 spiro atoms. The average Bonchev–Trinajstić information content (AvgIpc) is 2.94. The van der Waals surface area contributed by atoms with Crippen molar-refractivity contribution in [1.82, 2.24) is 9.78 Å². The van der Waals surface area contributed by atoms with Gasteiger partial charge in [0.25, 0.3) is 0 Å². The first-order chi connectivity index (χ1) is 9.81. The molecule has 0 unspecified atom stereocenters. The molecule has 2 heterocycles. The van der Waals surface area contributed by atoms with E-state index in [0.717, 1.165) is 36.8 Å². The summed E-state index contributed by atoms with van der Waals surface area (Å²) in [5.41, 5.74) is 2.29. The SMILES string of the molecule is CCn1nccc1CN1CCOc2ccc(OC)cc21. The fourth-order valence-corrected chi connectivity index (χ4v) is 2.52. The summed E-state index contributed by atoms with van der Waals surface area (Å²) in [6, 6.07) is 8.00. The molecular weight excluding hydrogens is 254 g/mol. The third kappa shape index (κ3) is 2.31. The second-order valence-electron chi connectivity index (χ2n) is 4.74. The van der Waals surface area contributed by atoms with E-state index in [1.54, 1.807) is 7.11 Å². The first-order valence-corrected chi connectivity index (χ1v) is 6.88. The highest BCUT2D eigenvalue weighted by Crippen LogP contribution is 2.35. The lowest BCUT2D eigenvalue weighted by molar-refractivity contribution is 0.305. The second kappa shape index (κ2) is 5.45. The number of hydrogen-bond donors (Lipinski definition) is 0. The topological polar surface area (TPSA) is 39.5 Å². The normalized spacial score (nSPS) is 13.8. The number of benzene rings is 1. The highest BCUT2D eigenvalue weighted by Gasteiger charge is 2.20. The van der Waals surface area contributed by atoms with Crippen LogP contribution in [0.4, 0.5) is 5.69 Å². The van der Waals surface area contributed by atoms with Crippen molar-refractivity contribution < 1.29 is 9.47 Å². The number of anilines is 1. The van der Waals surface area contributed by atoms with Crippen molar-refractivity contribution in [2.45, 2.75) is 20.0 Å². The largest absolute Gasteiger partial charge is 0.497 e. The predicted octanol–water partition coefficient (Wildman–Crippen LogP) is 2.31. The molecule has 1 aromatic carbocycles. The molecule has 1 aliphatic heterocycles. The Balaban J connectivity index is 1.89. The first-order valence-electron chi connectivity index (χ1n) is 6.88. The van der Waals surface area contributed by atoms with Crippen LogP contribution >= 0.6 is 0 Å². The Kier molecular flexibility index (Phi) is 3.50. The van der Waals surface area contributed by atoms with Crippen LogP contribution < -0.4 is 14.4 Å². The molecule has 5 nitrogen and oxygen atoms in total. The van der Waals surface area contributed by atoms with Gasteiger partial charge < -0.3 is 14.4 Å². The van der Waals surface area contributed by atoms with Gasteiger partial charge in [-0.05, 0) is 25.1 Å². The van der Waals surface area contributed by atoms with Crippen LogP contribution in [-0.4, -0.2) is 30.0 Å². The van der Waals surface area contributed by atoms with E-state index in [2.05, 4.69) is 23.0 Å². The van der Waals surface area contributed by atoms with Crippen molar-refractivity contribution in [3.63, 3.8) is 0 Å². The molecule has 5 heteroatoms. The Hall–Kier alpha value is -2.17. The Labute approximate surface area is 118 Å². The molecule has 0 fully saturated rings. The lowest BCUT2D eigenvalue weighted by atomic mass is 10.2. The molecule has 106 valence electrons. The number of ether oxygens (including phenoxy) is 2. The molecule has 0 radical (unpaired) electrons. The fraction of sp³-hybridized carbons (Fsp3) is 0.400. The minimum absolute atomic E-state index is 0.708. The maximum absolute atomic E-state index is 5.71. The van der Waals surface area contributed by atoms with Gasteiger partial charge in [-0.3, -0.25) is 4.68 Å². The molecule has 1 aromatic heterocycles. The van der Waals surface area contributed by atoms with Gasteiger partial charge in [0.05, 0.1) is 31.6 Å². The van der Waals surface area contributed by atoms with E-state index in [1.165, 1.54) is 5.69 Å². The summed E-state index contributed by atoms with van der Waals surface area (Å²) in [5.74, 6) is 1.77. The molecule has 0 N–H and O–H groups in total. The predicted molar refractivity (Wildman–Crippen MR) is 77.4 cm³/mol. The zero-order valence-corrected chi connectivity index (χ0v) is 11.9. The molecule has 1 aliphatic rings. The molecule has 3 rings (SSSR count). The molecular formula is C15H19N3O2. The Morgan fingerprint density at radius 3 is 3.05 bits per heavy atom. The van der Waals surface area contributed by atoms with Crippen molar-refractivity contribution in [3.8, 4) is 11.5 Å². The van der Waals surface area contributed by atoms with Gasteiger partial charge in [-0.15, -0.1) is 0 Å². The van der Waals surface area contributed by atoms with Crippen LogP contribution in [0.25, 0.3) is 0 Å². The lowest BCUT2D eigenvalue weighted by Gasteiger charge is -2.31. The van der Waals surface area contributed by atoms with Gasteiger partial charge in [0.2, 0.25) is 0 Å². The zero-order valence-electron chi connectivity index (χ0n) is 11.9. The van der Waals surface area contributed by atoms with Gasteiger partial charge in [0.15, 0.2) is 0 Å². The summed E-state index contributed by atoms with van der Waals surface area (Å²) < 4.78 is 13.0. The highest BCUT2D eigenvalue weighted by molar-refractivity contribution is 5.62. The van der Waals surface area contributed by atoms with E-state index in [9.17, 15) is 0 Å². The molecule has 0 saturated heterocycles. The third-order valence-electron chi connectivity index (χ3n) is 3.58. The number of methoxy groups -OCH3 is 1. The highest BCUT2D eigenvalue weighted by atomic mass is 16.5. The van der Waals surface area contributed by atoms with Crippen LogP contribution in [0.5, 0.6) is 11.5 Å². The van der Waals surface area contributed by atoms with Crippen LogP contribution in [0.3, 0.4) is 0 Å². The van der Waals surface area contributed by atoms with Crippen molar-refractivity contribution >= 4 is 5.69 Å². The molecule has 20 heavy (non-hydrogen) atoms. The summed E-state index contributed by atoms with van der Waals surface area (Å²) >= 11 is 0. The number of aryl methyl sites for hydroxylation is 1. The van der Waals surface area contributed by atoms with E-state index in [0.29, 0.717) is 6.61 Å². The molecule has 0 atom stereocenters. The minimum Gasteiger partial charge on any atom is -0.497 e. The van der Waals surface area contributed by atoms with Crippen molar-refractivity contribution in [1.29, 1.82) is 0 Å². The third-order valence-corrected chi connectivity index (χ3v) is 3.58. The maximum atomic E-state index is 5.71. The Morgan fingerprint density at radius 1 is 1.35 bits per heavy atom. The summed E-state index contributed by atoms with van der Waals surface area (Å²) in [6.45, 7) is 5.40. The summed E-state index contributed by atoms with van der Waals surface area (Å²) in [7, 11) is 1.68. The standard InChI is InChI=1S/C15H19N3O2/c1-3-18-12(6-7-16-18)11-17-8-9-20-15-5-4-13(19-2)10-14(15)17/h4-7,10H,3,8-9,11H2,1-2H3. The molecule has 2 aromatic rings. The number of nitrogens with zero attached hydrogens (tertiary/aromatic N) is 3. The molecule has 0 aliphatic carbocycles. The van der Waals surface area contributed by atoms with E-state index in [1.807, 2.05) is 29.1 Å². The van der Waals surface area contributed by atoms with Crippen LogP contribution in [0.1, 0.15) is 12.6 Å². The van der Waals surface area contributed by atoms with Crippen molar-refractivity contribution in [2.75, 3.05) is 25.2 Å². The molecule has 0 bridgehead atoms. The van der Waals surface area contributed by atoms with Gasteiger partial charge in [-0.1, -0.05) is 0 Å². The van der Waals surface area contributed by atoms with Gasteiger partial charge in [-0.2, -0.15) is 5.10 Å². The Bertz CT molecular complexity index is 595. The molecule has 0 saturated carbocycles. The van der Waals surface area contributed by atoms with Gasteiger partial charge in [0.1, 0.15) is 18.1 Å². The zero-order chi connectivity index (χ0) is 13.9. The van der Waals surface area contributed by atoms with E-state index < -0.39 is 0 Å². The summed E-state index contributed by atoms with van der Waals surface area (Å²) in [6.07, 6.45) is 1.85. The van der Waals surface area contributed by atoms with Gasteiger partial charge >= 0.3 is 0 Å². The minimum atomic E-state index is 0.708. The van der Waals surface area contributed by atoms with E-state index in [-0.39, 0.29) is 0 Å². The maximum Gasteiger partial charge on any atom is 0.142 e. The monoisotopic (exact) mass is 273 g/mol. The molecule has 0 amide bonds. The van der Waals surface area contributed by atoms with Crippen molar-refractivity contribution in [2.24, 2.45) is 0 Å². The summed E-state index contributed by atoms with van der Waals surface area (Å²) in [4.78, 5) is 2.31. The average molecular weight is 273 g/mol. The number of fused-ring (bicyclic) bond motifs is 1. The number of rotatable bonds is 4. The Morgan fingerprint density at radius 2 is 2.25 bits per heavy atom. The van der Waals surface area contributed by atoms with Crippen LogP contribution in [-0.2, 0) is 13.1 Å². The fourth-order valence-electron chi connectivity index (χ4n) is 2.52. The van der Waals surface area contributed by atoms with E-state index >= 15 is 0 Å². The lowest BCUT2D eigenvalue weighted by Crippen LogP contribution is -2.33. The van der Waals surface area contributed by atoms with E-state index in [4.69, 9.17) is 9.47 Å². The van der Waals surface area contributed by atoms with Crippen LogP contribution in [0, 0.1) is 0 Å². The van der Waals surface area contributed by atoms with Crippen molar-refractivity contribution in [3.05, 3.63) is 36.2 Å². The first kappa shape index (κ1) is 12.8. The van der Waals surface area contributed by atoms with Gasteiger partial charge in [-0.25, -0.2) is 0 Å². The summed E-state index contributed by atoms with van der Waals surface area (Å²) in [5, 5.41) is 4.32. The second-order valence-corrected chi connectivity index (χ2v) is 4.74. The van der Waals surface area contributed by atoms with Gasteiger partial charge in [0, 0.05) is 18.8 Å². The number of aromatic nitrogens is 2. The quantitative estimate of drug-likeness (QED) is 0.857.